The molecule has 0 spiro atoms. The van der Waals surface area contributed by atoms with Crippen molar-refractivity contribution >= 4 is 17.1 Å². The first-order valence-corrected chi connectivity index (χ1v) is 5.89. The fourth-order valence-corrected chi connectivity index (χ4v) is 1.51. The van der Waals surface area contributed by atoms with Crippen LogP contribution in [-0.4, -0.2) is 24.1 Å². The molecule has 1 heterocycles. The van der Waals surface area contributed by atoms with Crippen molar-refractivity contribution < 1.29 is 14.4 Å². The van der Waals surface area contributed by atoms with Crippen LogP contribution in [0, 0.1) is 10.1 Å². The third-order valence-electron chi connectivity index (χ3n) is 2.55. The van der Waals surface area contributed by atoms with Crippen molar-refractivity contribution in [1.29, 1.82) is 0 Å². The lowest BCUT2D eigenvalue weighted by molar-refractivity contribution is -0.384. The number of nitro groups is 1. The van der Waals surface area contributed by atoms with Gasteiger partial charge in [0, 0.05) is 18.2 Å². The Morgan fingerprint density at radius 3 is 2.33 bits per heavy atom. The summed E-state index contributed by atoms with van der Waals surface area (Å²) in [4.78, 5) is 14.1. The molecule has 1 aromatic carbocycles. The monoisotopic (exact) mass is 288 g/mol. The molecule has 0 atom stereocenters. The van der Waals surface area contributed by atoms with Crippen LogP contribution in [0.25, 0.3) is 0 Å². The SMILES string of the molecule is COc1ccc(N=Nc2ccc([N+](=O)[O-])cc2)c(OC)n1. The normalized spacial score (nSPS) is 10.6. The van der Waals surface area contributed by atoms with Crippen LogP contribution in [0.3, 0.4) is 0 Å². The highest BCUT2D eigenvalue weighted by Crippen LogP contribution is 2.29. The number of pyridine rings is 1. The van der Waals surface area contributed by atoms with E-state index in [4.69, 9.17) is 9.47 Å². The Balaban J connectivity index is 2.22. The molecule has 0 bridgehead atoms. The summed E-state index contributed by atoms with van der Waals surface area (Å²) in [7, 11) is 2.96. The van der Waals surface area contributed by atoms with E-state index in [0.717, 1.165) is 0 Å². The van der Waals surface area contributed by atoms with Gasteiger partial charge in [0.2, 0.25) is 11.8 Å². The second-order valence-corrected chi connectivity index (χ2v) is 3.86. The predicted molar refractivity (Wildman–Crippen MR) is 74.6 cm³/mol. The van der Waals surface area contributed by atoms with Crippen LogP contribution in [0.1, 0.15) is 0 Å². The molecule has 0 aliphatic rings. The Hall–Kier alpha value is -3.03. The molecule has 0 fully saturated rings. The number of ether oxygens (including phenoxy) is 2. The molecule has 8 heteroatoms. The molecule has 8 nitrogen and oxygen atoms in total. The van der Waals surface area contributed by atoms with Gasteiger partial charge >= 0.3 is 0 Å². The maximum absolute atomic E-state index is 10.6. The van der Waals surface area contributed by atoms with Gasteiger partial charge in [-0.3, -0.25) is 10.1 Å². The van der Waals surface area contributed by atoms with E-state index in [2.05, 4.69) is 15.2 Å². The van der Waals surface area contributed by atoms with E-state index in [-0.39, 0.29) is 11.6 Å². The summed E-state index contributed by atoms with van der Waals surface area (Å²) >= 11 is 0. The van der Waals surface area contributed by atoms with Crippen LogP contribution in [-0.2, 0) is 0 Å². The van der Waals surface area contributed by atoms with Gasteiger partial charge in [-0.15, -0.1) is 5.11 Å². The highest BCUT2D eigenvalue weighted by molar-refractivity contribution is 5.49. The zero-order valence-electron chi connectivity index (χ0n) is 11.4. The number of aromatic nitrogens is 1. The fourth-order valence-electron chi connectivity index (χ4n) is 1.51. The lowest BCUT2D eigenvalue weighted by Crippen LogP contribution is -1.91. The van der Waals surface area contributed by atoms with Crippen molar-refractivity contribution in [3.63, 3.8) is 0 Å². The van der Waals surface area contributed by atoms with Crippen LogP contribution in [0.15, 0.2) is 46.6 Å². The van der Waals surface area contributed by atoms with E-state index in [0.29, 0.717) is 17.3 Å². The molecule has 0 unspecified atom stereocenters. The number of rotatable bonds is 5. The Labute approximate surface area is 120 Å². The summed E-state index contributed by atoms with van der Waals surface area (Å²) in [5.41, 5.74) is 0.910. The van der Waals surface area contributed by atoms with Gasteiger partial charge in [0.05, 0.1) is 24.8 Å². The molecule has 2 aromatic rings. The van der Waals surface area contributed by atoms with Gasteiger partial charge in [-0.2, -0.15) is 10.1 Å². The predicted octanol–water partition coefficient (Wildman–Crippen LogP) is 3.42. The number of non-ortho nitro benzene ring substituents is 1. The highest BCUT2D eigenvalue weighted by atomic mass is 16.6. The van der Waals surface area contributed by atoms with Crippen LogP contribution < -0.4 is 9.47 Å². The van der Waals surface area contributed by atoms with E-state index in [1.807, 2.05) is 0 Å². The van der Waals surface area contributed by atoms with E-state index in [1.165, 1.54) is 38.5 Å². The van der Waals surface area contributed by atoms with Gasteiger partial charge in [-0.05, 0) is 18.2 Å². The minimum Gasteiger partial charge on any atom is -0.481 e. The highest BCUT2D eigenvalue weighted by Gasteiger charge is 2.06. The summed E-state index contributed by atoms with van der Waals surface area (Å²) < 4.78 is 10.1. The largest absolute Gasteiger partial charge is 0.481 e. The molecule has 1 aromatic heterocycles. The van der Waals surface area contributed by atoms with Gasteiger partial charge in [0.1, 0.15) is 5.69 Å². The first kappa shape index (κ1) is 14.4. The molecule has 0 amide bonds. The lowest BCUT2D eigenvalue weighted by Gasteiger charge is -2.04. The average Bonchev–Trinajstić information content (AvgIpc) is 2.53. The van der Waals surface area contributed by atoms with Crippen molar-refractivity contribution in [3.8, 4) is 11.8 Å². The molecule has 0 saturated heterocycles. The molecule has 0 aliphatic carbocycles. The second-order valence-electron chi connectivity index (χ2n) is 3.86. The third kappa shape index (κ3) is 3.50. The Bertz CT molecular complexity index is 670. The van der Waals surface area contributed by atoms with Gasteiger partial charge in [-0.25, -0.2) is 0 Å². The maximum atomic E-state index is 10.6. The van der Waals surface area contributed by atoms with Crippen molar-refractivity contribution in [2.24, 2.45) is 10.2 Å². The Morgan fingerprint density at radius 1 is 1.05 bits per heavy atom. The van der Waals surface area contributed by atoms with E-state index >= 15 is 0 Å². The summed E-state index contributed by atoms with van der Waals surface area (Å²) in [6.07, 6.45) is 0. The standard InChI is InChI=1S/C13H12N4O4/c1-20-12-8-7-11(13(14-12)21-2)16-15-9-3-5-10(6-4-9)17(18)19/h3-8H,1-2H3. The minimum atomic E-state index is -0.475. The first-order valence-electron chi connectivity index (χ1n) is 5.89. The quantitative estimate of drug-likeness (QED) is 0.476. The van der Waals surface area contributed by atoms with E-state index < -0.39 is 4.92 Å². The molecular formula is C13H12N4O4. The molecule has 0 saturated carbocycles. The fraction of sp³-hybridized carbons (Fsp3) is 0.154. The minimum absolute atomic E-state index is 0.00218. The van der Waals surface area contributed by atoms with E-state index in [1.54, 1.807) is 12.1 Å². The number of azo groups is 1. The zero-order valence-corrected chi connectivity index (χ0v) is 11.4. The summed E-state index contributed by atoms with van der Waals surface area (Å²) in [5.74, 6) is 0.682. The van der Waals surface area contributed by atoms with Gasteiger partial charge in [-0.1, -0.05) is 0 Å². The summed E-state index contributed by atoms with van der Waals surface area (Å²) in [5, 5.41) is 18.5. The van der Waals surface area contributed by atoms with Gasteiger partial charge < -0.3 is 9.47 Å². The maximum Gasteiger partial charge on any atom is 0.269 e. The summed E-state index contributed by atoms with van der Waals surface area (Å²) in [6.45, 7) is 0. The van der Waals surface area contributed by atoms with Crippen molar-refractivity contribution in [2.75, 3.05) is 14.2 Å². The van der Waals surface area contributed by atoms with Crippen LogP contribution in [0.2, 0.25) is 0 Å². The number of hydrogen-bond donors (Lipinski definition) is 0. The topological polar surface area (TPSA) is 99.2 Å². The molecule has 2 rings (SSSR count). The van der Waals surface area contributed by atoms with E-state index in [9.17, 15) is 10.1 Å². The number of nitro benzene ring substituents is 1. The summed E-state index contributed by atoms with van der Waals surface area (Å²) in [6, 6.07) is 9.01. The molecular weight excluding hydrogens is 276 g/mol. The van der Waals surface area contributed by atoms with Crippen LogP contribution >= 0.6 is 0 Å². The van der Waals surface area contributed by atoms with Crippen LogP contribution in [0.4, 0.5) is 17.1 Å². The number of hydrogen-bond acceptors (Lipinski definition) is 7. The van der Waals surface area contributed by atoms with Gasteiger partial charge in [0.25, 0.3) is 5.69 Å². The lowest BCUT2D eigenvalue weighted by atomic mass is 10.3. The Kier molecular flexibility index (Phi) is 4.39. The number of methoxy groups -OCH3 is 2. The van der Waals surface area contributed by atoms with Crippen molar-refractivity contribution in [3.05, 3.63) is 46.5 Å². The molecule has 108 valence electrons. The molecule has 0 N–H and O–H groups in total. The third-order valence-corrected chi connectivity index (χ3v) is 2.55. The number of benzene rings is 1. The smallest absolute Gasteiger partial charge is 0.269 e. The van der Waals surface area contributed by atoms with Gasteiger partial charge in [0.15, 0.2) is 0 Å². The van der Waals surface area contributed by atoms with Crippen LogP contribution in [0.5, 0.6) is 11.8 Å². The second kappa shape index (κ2) is 6.42. The Morgan fingerprint density at radius 2 is 1.76 bits per heavy atom. The first-order chi connectivity index (χ1) is 10.1. The number of nitrogens with zero attached hydrogens (tertiary/aromatic N) is 4. The molecule has 0 radical (unpaired) electrons. The zero-order chi connectivity index (χ0) is 15.2. The average molecular weight is 288 g/mol. The molecule has 21 heavy (non-hydrogen) atoms. The van der Waals surface area contributed by atoms with Crippen molar-refractivity contribution in [2.45, 2.75) is 0 Å². The molecule has 0 aliphatic heterocycles. The van der Waals surface area contributed by atoms with Crippen molar-refractivity contribution in [1.82, 2.24) is 4.98 Å².